The van der Waals surface area contributed by atoms with Crippen LogP contribution < -0.4 is 10.5 Å². The summed E-state index contributed by atoms with van der Waals surface area (Å²) in [6, 6.07) is 8.18. The lowest BCUT2D eigenvalue weighted by molar-refractivity contribution is 0.463. The minimum atomic E-state index is 0.496. The van der Waals surface area contributed by atoms with Crippen LogP contribution in [0.1, 0.15) is 29.5 Å². The summed E-state index contributed by atoms with van der Waals surface area (Å²) in [7, 11) is 0. The standard InChI is InChI=1S/C16H18N2O/c1-11-8-9-18-16(15(11)17)19-14-7-6-12-4-2-3-5-13(12)10-14/h6-10H,2-5,17H2,1H3. The van der Waals surface area contributed by atoms with E-state index in [1.54, 1.807) is 6.20 Å². The fraction of sp³-hybridized carbons (Fsp3) is 0.312. The molecule has 0 fully saturated rings. The molecule has 3 nitrogen and oxygen atoms in total. The Bertz CT molecular complexity index is 608. The summed E-state index contributed by atoms with van der Waals surface area (Å²) in [5.41, 5.74) is 10.4. The Kier molecular flexibility index (Phi) is 3.11. The monoisotopic (exact) mass is 254 g/mol. The number of fused-ring (bicyclic) bond motifs is 1. The van der Waals surface area contributed by atoms with Crippen LogP contribution in [-0.4, -0.2) is 4.98 Å². The third-order valence-electron chi connectivity index (χ3n) is 3.71. The molecule has 0 radical (unpaired) electrons. The summed E-state index contributed by atoms with van der Waals surface area (Å²) >= 11 is 0. The summed E-state index contributed by atoms with van der Waals surface area (Å²) in [4.78, 5) is 4.20. The zero-order valence-electron chi connectivity index (χ0n) is 11.1. The van der Waals surface area contributed by atoms with E-state index in [0.717, 1.165) is 17.7 Å². The van der Waals surface area contributed by atoms with Gasteiger partial charge in [0, 0.05) is 6.20 Å². The Labute approximate surface area is 113 Å². The van der Waals surface area contributed by atoms with E-state index >= 15 is 0 Å². The first-order valence-electron chi connectivity index (χ1n) is 6.75. The second-order valence-corrected chi connectivity index (χ2v) is 5.09. The molecule has 0 atom stereocenters. The van der Waals surface area contributed by atoms with Gasteiger partial charge in [0.1, 0.15) is 5.75 Å². The van der Waals surface area contributed by atoms with Crippen LogP contribution >= 0.6 is 0 Å². The molecule has 1 aromatic heterocycles. The number of rotatable bonds is 2. The Balaban J connectivity index is 1.89. The van der Waals surface area contributed by atoms with Crippen LogP contribution in [0.15, 0.2) is 30.5 Å². The van der Waals surface area contributed by atoms with Crippen LogP contribution in [0.2, 0.25) is 0 Å². The molecule has 0 saturated heterocycles. The maximum atomic E-state index is 5.98. The molecule has 19 heavy (non-hydrogen) atoms. The number of aromatic nitrogens is 1. The van der Waals surface area contributed by atoms with Crippen LogP contribution in [0.3, 0.4) is 0 Å². The number of benzene rings is 1. The van der Waals surface area contributed by atoms with Gasteiger partial charge in [0.2, 0.25) is 5.88 Å². The Morgan fingerprint density at radius 2 is 1.89 bits per heavy atom. The van der Waals surface area contributed by atoms with Gasteiger partial charge in [0.15, 0.2) is 0 Å². The second kappa shape index (κ2) is 4.92. The number of pyridine rings is 1. The first-order valence-corrected chi connectivity index (χ1v) is 6.75. The average Bonchev–Trinajstić information content (AvgIpc) is 2.44. The first kappa shape index (κ1) is 12.0. The predicted molar refractivity (Wildman–Crippen MR) is 76.5 cm³/mol. The number of nitrogens with zero attached hydrogens (tertiary/aromatic N) is 1. The van der Waals surface area contributed by atoms with Gasteiger partial charge in [0.25, 0.3) is 0 Å². The fourth-order valence-corrected chi connectivity index (χ4v) is 2.51. The van der Waals surface area contributed by atoms with Crippen LogP contribution in [0.5, 0.6) is 11.6 Å². The van der Waals surface area contributed by atoms with Crippen molar-refractivity contribution in [3.8, 4) is 11.6 Å². The number of anilines is 1. The molecule has 0 saturated carbocycles. The molecule has 0 aliphatic heterocycles. The lowest BCUT2D eigenvalue weighted by Gasteiger charge is -2.17. The summed E-state index contributed by atoms with van der Waals surface area (Å²) in [6.07, 6.45) is 6.60. The van der Waals surface area contributed by atoms with Gasteiger partial charge >= 0.3 is 0 Å². The van der Waals surface area contributed by atoms with Crippen LogP contribution in [0.25, 0.3) is 0 Å². The van der Waals surface area contributed by atoms with Crippen LogP contribution in [-0.2, 0) is 12.8 Å². The number of aryl methyl sites for hydroxylation is 3. The van der Waals surface area contributed by atoms with E-state index < -0.39 is 0 Å². The SMILES string of the molecule is Cc1ccnc(Oc2ccc3c(c2)CCCC3)c1N. The van der Waals surface area contributed by atoms with Gasteiger partial charge in [-0.2, -0.15) is 0 Å². The van der Waals surface area contributed by atoms with Gasteiger partial charge in [-0.3, -0.25) is 0 Å². The van der Waals surface area contributed by atoms with Crippen molar-refractivity contribution in [2.45, 2.75) is 32.6 Å². The molecule has 98 valence electrons. The first-order chi connectivity index (χ1) is 9.24. The molecule has 1 aromatic carbocycles. The van der Waals surface area contributed by atoms with Crippen LogP contribution in [0, 0.1) is 6.92 Å². The highest BCUT2D eigenvalue weighted by atomic mass is 16.5. The van der Waals surface area contributed by atoms with Gasteiger partial charge in [-0.15, -0.1) is 0 Å². The molecule has 3 rings (SSSR count). The maximum Gasteiger partial charge on any atom is 0.242 e. The minimum absolute atomic E-state index is 0.496. The highest BCUT2D eigenvalue weighted by Crippen LogP contribution is 2.30. The third kappa shape index (κ3) is 2.41. The molecule has 0 unspecified atom stereocenters. The topological polar surface area (TPSA) is 48.1 Å². The van der Waals surface area contributed by atoms with Gasteiger partial charge in [-0.25, -0.2) is 4.98 Å². The summed E-state index contributed by atoms with van der Waals surface area (Å²) in [6.45, 7) is 1.96. The quantitative estimate of drug-likeness (QED) is 0.890. The average molecular weight is 254 g/mol. The molecular weight excluding hydrogens is 236 g/mol. The lowest BCUT2D eigenvalue weighted by Crippen LogP contribution is -2.03. The van der Waals surface area contributed by atoms with E-state index in [2.05, 4.69) is 17.1 Å². The van der Waals surface area contributed by atoms with Crippen molar-refractivity contribution in [1.82, 2.24) is 4.98 Å². The van der Waals surface area contributed by atoms with Crippen molar-refractivity contribution in [2.75, 3.05) is 5.73 Å². The molecule has 1 aliphatic rings. The van der Waals surface area contributed by atoms with Crippen molar-refractivity contribution < 1.29 is 4.74 Å². The van der Waals surface area contributed by atoms with E-state index in [0.29, 0.717) is 11.6 Å². The molecule has 0 spiro atoms. The summed E-state index contributed by atoms with van der Waals surface area (Å²) < 4.78 is 5.82. The van der Waals surface area contributed by atoms with Crippen LogP contribution in [0.4, 0.5) is 5.69 Å². The van der Waals surface area contributed by atoms with Crippen molar-refractivity contribution in [3.05, 3.63) is 47.2 Å². The Hall–Kier alpha value is -2.03. The molecule has 1 heterocycles. The molecule has 2 N–H and O–H groups in total. The van der Waals surface area contributed by atoms with Gasteiger partial charge in [-0.05, 0) is 67.5 Å². The van der Waals surface area contributed by atoms with Gasteiger partial charge in [0.05, 0.1) is 5.69 Å². The summed E-state index contributed by atoms with van der Waals surface area (Å²) in [5, 5.41) is 0. The molecule has 0 bridgehead atoms. The third-order valence-corrected chi connectivity index (χ3v) is 3.71. The van der Waals surface area contributed by atoms with Crippen molar-refractivity contribution in [1.29, 1.82) is 0 Å². The molecule has 0 amide bonds. The highest BCUT2D eigenvalue weighted by Gasteiger charge is 2.11. The van der Waals surface area contributed by atoms with Gasteiger partial charge < -0.3 is 10.5 Å². The van der Waals surface area contributed by atoms with E-state index in [1.807, 2.05) is 19.1 Å². The number of hydrogen-bond acceptors (Lipinski definition) is 3. The largest absolute Gasteiger partial charge is 0.437 e. The second-order valence-electron chi connectivity index (χ2n) is 5.09. The van der Waals surface area contributed by atoms with Crippen molar-refractivity contribution in [3.63, 3.8) is 0 Å². The minimum Gasteiger partial charge on any atom is -0.437 e. The molecule has 3 heteroatoms. The van der Waals surface area contributed by atoms with E-state index in [1.165, 1.54) is 30.4 Å². The molecule has 1 aliphatic carbocycles. The highest BCUT2D eigenvalue weighted by molar-refractivity contribution is 5.55. The van der Waals surface area contributed by atoms with E-state index in [4.69, 9.17) is 10.5 Å². The summed E-state index contributed by atoms with van der Waals surface area (Å²) in [5.74, 6) is 1.32. The van der Waals surface area contributed by atoms with Crippen molar-refractivity contribution >= 4 is 5.69 Å². The van der Waals surface area contributed by atoms with Gasteiger partial charge in [-0.1, -0.05) is 6.07 Å². The zero-order valence-corrected chi connectivity index (χ0v) is 11.1. The smallest absolute Gasteiger partial charge is 0.242 e. The zero-order chi connectivity index (χ0) is 13.2. The van der Waals surface area contributed by atoms with E-state index in [9.17, 15) is 0 Å². The molecule has 2 aromatic rings. The number of nitrogen functional groups attached to an aromatic ring is 1. The van der Waals surface area contributed by atoms with Crippen molar-refractivity contribution in [2.24, 2.45) is 0 Å². The Morgan fingerprint density at radius 3 is 2.74 bits per heavy atom. The number of ether oxygens (including phenoxy) is 1. The van der Waals surface area contributed by atoms with E-state index in [-0.39, 0.29) is 0 Å². The Morgan fingerprint density at radius 1 is 1.11 bits per heavy atom. The number of nitrogens with two attached hydrogens (primary N) is 1. The number of hydrogen-bond donors (Lipinski definition) is 1. The normalized spacial score (nSPS) is 13.9. The maximum absolute atomic E-state index is 5.98. The predicted octanol–water partition coefficient (Wildman–Crippen LogP) is 3.64. The lowest BCUT2D eigenvalue weighted by atomic mass is 9.92. The fourth-order valence-electron chi connectivity index (χ4n) is 2.51. The molecular formula is C16H18N2O.